The molecular formula is C17H32Cl2N6O2. The first-order valence-corrected chi connectivity index (χ1v) is 9.45. The number of anilines is 2. The fraction of sp³-hybridized carbons (Fsp3) is 0.765. The van der Waals surface area contributed by atoms with E-state index in [1.54, 1.807) is 0 Å². The zero-order chi connectivity index (χ0) is 18.1. The van der Waals surface area contributed by atoms with E-state index in [-0.39, 0.29) is 24.8 Å². The Morgan fingerprint density at radius 2 is 1.11 bits per heavy atom. The van der Waals surface area contributed by atoms with E-state index < -0.39 is 0 Å². The van der Waals surface area contributed by atoms with Crippen molar-refractivity contribution in [3.05, 3.63) is 11.4 Å². The molecule has 0 aliphatic carbocycles. The van der Waals surface area contributed by atoms with Gasteiger partial charge in [0.05, 0.1) is 0 Å². The van der Waals surface area contributed by atoms with Crippen molar-refractivity contribution in [2.45, 2.75) is 84.7 Å². The van der Waals surface area contributed by atoms with Gasteiger partial charge in [-0.25, -0.2) is 0 Å². The van der Waals surface area contributed by atoms with Crippen LogP contribution < -0.4 is 45.6 Å². The van der Waals surface area contributed by atoms with Crippen molar-refractivity contribution in [2.24, 2.45) is 0 Å². The van der Waals surface area contributed by atoms with Gasteiger partial charge in [-0.05, 0) is 28.6 Å². The molecule has 2 rings (SSSR count). The number of nitrogens with zero attached hydrogens (tertiary/aromatic N) is 4. The Bertz CT molecular complexity index is 593. The van der Waals surface area contributed by atoms with Gasteiger partial charge in [0.1, 0.15) is 0 Å². The van der Waals surface area contributed by atoms with E-state index in [1.165, 1.54) is 25.7 Å². The van der Waals surface area contributed by atoms with Crippen LogP contribution in [0.3, 0.4) is 0 Å². The molecule has 8 nitrogen and oxygen atoms in total. The highest BCUT2D eigenvalue weighted by atomic mass is 35.5. The first kappa shape index (κ1) is 25.5. The predicted molar refractivity (Wildman–Crippen MR) is 93.3 cm³/mol. The van der Waals surface area contributed by atoms with Gasteiger partial charge in [-0.2, -0.15) is 0 Å². The van der Waals surface area contributed by atoms with Crippen LogP contribution in [-0.4, -0.2) is 10.5 Å². The maximum atomic E-state index is 5.94. The molecule has 0 amide bonds. The van der Waals surface area contributed by atoms with Gasteiger partial charge in [-0.3, -0.25) is 9.05 Å². The van der Waals surface area contributed by atoms with E-state index >= 15 is 0 Å². The van der Waals surface area contributed by atoms with Crippen LogP contribution in [0.1, 0.15) is 70.2 Å². The Balaban J connectivity index is 0.00000338. The van der Waals surface area contributed by atoms with Crippen LogP contribution in [0.2, 0.25) is 0 Å². The number of aromatic nitrogens is 4. The second-order valence-electron chi connectivity index (χ2n) is 6.48. The molecular weight excluding hydrogens is 391 g/mol. The topological polar surface area (TPSA) is 112 Å². The fourth-order valence-corrected chi connectivity index (χ4v) is 2.95. The van der Waals surface area contributed by atoms with Crippen LogP contribution >= 0.6 is 0 Å². The van der Waals surface area contributed by atoms with Crippen LogP contribution in [0, 0.1) is 0 Å². The van der Waals surface area contributed by atoms with E-state index in [1.807, 2.05) is 9.36 Å². The smallest absolute Gasteiger partial charge is 0.296 e. The molecule has 0 aliphatic heterocycles. The molecule has 0 unspecified atom stereocenters. The summed E-state index contributed by atoms with van der Waals surface area (Å²) in [6.07, 6.45) is 9.33. The minimum absolute atomic E-state index is 0. The number of rotatable bonds is 12. The minimum Gasteiger partial charge on any atom is -1.00 e. The summed E-state index contributed by atoms with van der Waals surface area (Å²) < 4.78 is 14.1. The van der Waals surface area contributed by atoms with Crippen molar-refractivity contribution < 1.29 is 43.2 Å². The molecule has 0 fully saturated rings. The van der Waals surface area contributed by atoms with E-state index in [9.17, 15) is 0 Å². The Labute approximate surface area is 173 Å². The van der Waals surface area contributed by atoms with Gasteiger partial charge in [-0.1, -0.05) is 26.7 Å². The molecule has 4 N–H and O–H groups in total. The van der Waals surface area contributed by atoms with Crippen molar-refractivity contribution in [2.75, 3.05) is 11.5 Å². The Morgan fingerprint density at radius 3 is 1.48 bits per heavy atom. The number of nitrogens with two attached hydrogens (primary N) is 2. The molecule has 27 heavy (non-hydrogen) atoms. The Kier molecular flexibility index (Phi) is 12.8. The van der Waals surface area contributed by atoms with Gasteiger partial charge in [0.2, 0.25) is 10.5 Å². The lowest BCUT2D eigenvalue weighted by Crippen LogP contribution is -3.00. The highest BCUT2D eigenvalue weighted by Crippen LogP contribution is 2.13. The summed E-state index contributed by atoms with van der Waals surface area (Å²) >= 11 is 0. The standard InChI is InChI=1S/C17H32N6O2.2ClH/c1-3-5-7-12-22-14(16(18)24-20-22)10-9-11-15-17(19)25-21-23(15)13-8-6-4-2;;/h3-13,18-19H2,1-2H3;2*1H/q+2;;/p-2. The van der Waals surface area contributed by atoms with Crippen molar-refractivity contribution >= 4 is 11.8 Å². The lowest BCUT2D eigenvalue weighted by Gasteiger charge is -1.97. The molecule has 0 aliphatic rings. The quantitative estimate of drug-likeness (QED) is 0.266. The molecule has 0 saturated carbocycles. The summed E-state index contributed by atoms with van der Waals surface area (Å²) in [6, 6.07) is 0. The molecule has 0 spiro atoms. The molecule has 156 valence electrons. The van der Waals surface area contributed by atoms with Crippen molar-refractivity contribution in [1.29, 1.82) is 0 Å². The van der Waals surface area contributed by atoms with Gasteiger partial charge < -0.3 is 36.3 Å². The SMILES string of the molecule is CCCCC[n+]1noc(N)c1CCCc1c(N)on[n+]1CCCCC.[Cl-].[Cl-]. The first-order valence-electron chi connectivity index (χ1n) is 9.45. The largest absolute Gasteiger partial charge is 1.00 e. The monoisotopic (exact) mass is 422 g/mol. The molecule has 2 heterocycles. The third-order valence-electron chi connectivity index (χ3n) is 4.44. The number of aryl methyl sites for hydroxylation is 2. The van der Waals surface area contributed by atoms with E-state index in [0.29, 0.717) is 11.8 Å². The molecule has 0 radical (unpaired) electrons. The van der Waals surface area contributed by atoms with Crippen LogP contribution in [0.25, 0.3) is 0 Å². The van der Waals surface area contributed by atoms with Crippen LogP contribution in [0.4, 0.5) is 11.8 Å². The zero-order valence-electron chi connectivity index (χ0n) is 16.3. The molecule has 0 aromatic carbocycles. The second-order valence-corrected chi connectivity index (χ2v) is 6.48. The maximum absolute atomic E-state index is 5.94. The third kappa shape index (κ3) is 7.54. The number of hydrogen-bond donors (Lipinski definition) is 2. The molecule has 10 heteroatoms. The molecule has 0 atom stereocenters. The fourth-order valence-electron chi connectivity index (χ4n) is 2.95. The Hall–Kier alpha value is -1.54. The third-order valence-corrected chi connectivity index (χ3v) is 4.44. The van der Waals surface area contributed by atoms with Gasteiger partial charge in [0, 0.05) is 25.7 Å². The van der Waals surface area contributed by atoms with Gasteiger partial charge in [0.15, 0.2) is 13.1 Å². The summed E-state index contributed by atoms with van der Waals surface area (Å²) in [7, 11) is 0. The van der Waals surface area contributed by atoms with Gasteiger partial charge in [-0.15, -0.1) is 0 Å². The highest BCUT2D eigenvalue weighted by molar-refractivity contribution is 5.27. The van der Waals surface area contributed by atoms with Crippen LogP contribution in [0.15, 0.2) is 9.05 Å². The van der Waals surface area contributed by atoms with E-state index in [0.717, 1.165) is 56.6 Å². The van der Waals surface area contributed by atoms with Crippen LogP contribution in [-0.2, 0) is 25.9 Å². The summed E-state index contributed by atoms with van der Waals surface area (Å²) in [5.41, 5.74) is 13.8. The Morgan fingerprint density at radius 1 is 0.704 bits per heavy atom. The highest BCUT2D eigenvalue weighted by Gasteiger charge is 2.25. The maximum Gasteiger partial charge on any atom is 0.296 e. The number of nitrogen functional groups attached to an aromatic ring is 2. The zero-order valence-corrected chi connectivity index (χ0v) is 17.8. The lowest BCUT2D eigenvalue weighted by molar-refractivity contribution is -0.769. The predicted octanol–water partition coefficient (Wildman–Crippen LogP) is -4.03. The lowest BCUT2D eigenvalue weighted by atomic mass is 10.1. The normalized spacial score (nSPS) is 10.4. The van der Waals surface area contributed by atoms with E-state index in [4.69, 9.17) is 20.5 Å². The molecule has 0 bridgehead atoms. The van der Waals surface area contributed by atoms with Gasteiger partial charge >= 0.3 is 0 Å². The summed E-state index contributed by atoms with van der Waals surface area (Å²) in [6.45, 7) is 6.05. The summed E-state index contributed by atoms with van der Waals surface area (Å²) in [4.78, 5) is 0. The van der Waals surface area contributed by atoms with Gasteiger partial charge in [0.25, 0.3) is 23.2 Å². The van der Waals surface area contributed by atoms with Crippen LogP contribution in [0.5, 0.6) is 0 Å². The molecule has 2 aromatic heterocycles. The molecule has 0 saturated heterocycles. The van der Waals surface area contributed by atoms with Crippen molar-refractivity contribution in [1.82, 2.24) is 10.5 Å². The minimum atomic E-state index is 0. The number of halogens is 2. The number of unbranched alkanes of at least 4 members (excludes halogenated alkanes) is 4. The van der Waals surface area contributed by atoms with Crippen molar-refractivity contribution in [3.8, 4) is 0 Å². The first-order chi connectivity index (χ1) is 12.2. The molecule has 2 aromatic rings. The average Bonchev–Trinajstić information content (AvgIpc) is 3.13. The number of hydrogen-bond acceptors (Lipinski definition) is 6. The summed E-state index contributed by atoms with van der Waals surface area (Å²) in [5.74, 6) is 0.816. The second kappa shape index (κ2) is 13.6. The average molecular weight is 423 g/mol. The van der Waals surface area contributed by atoms with E-state index in [2.05, 4.69) is 24.4 Å². The van der Waals surface area contributed by atoms with Crippen molar-refractivity contribution in [3.63, 3.8) is 0 Å². The summed E-state index contributed by atoms with van der Waals surface area (Å²) in [5, 5.41) is 8.09.